The van der Waals surface area contributed by atoms with Gasteiger partial charge in [0.25, 0.3) is 5.91 Å². The molecule has 3 N–H and O–H groups in total. The topological polar surface area (TPSA) is 86.0 Å². The number of ether oxygens (including phenoxy) is 1. The molecule has 7 nitrogen and oxygen atoms in total. The highest BCUT2D eigenvalue weighted by atomic mass is 16.5. The highest BCUT2D eigenvalue weighted by Gasteiger charge is 2.20. The van der Waals surface area contributed by atoms with Crippen LogP contribution >= 0.6 is 0 Å². The molecular weight excluding hydrogens is 486 g/mol. The smallest absolute Gasteiger partial charge is 0.253 e. The summed E-state index contributed by atoms with van der Waals surface area (Å²) >= 11 is 0. The molecule has 0 radical (unpaired) electrons. The molecule has 0 unspecified atom stereocenters. The van der Waals surface area contributed by atoms with E-state index in [0.717, 1.165) is 44.7 Å². The summed E-state index contributed by atoms with van der Waals surface area (Å²) in [6.07, 6.45) is 1.86. The van der Waals surface area contributed by atoms with E-state index in [9.17, 15) is 4.79 Å². The number of carbonyl (C=O) groups excluding carboxylic acids is 1. The van der Waals surface area contributed by atoms with Gasteiger partial charge in [0.15, 0.2) is 0 Å². The zero-order chi connectivity index (χ0) is 27.4. The van der Waals surface area contributed by atoms with Crippen LogP contribution in [0.25, 0.3) is 33.4 Å². The van der Waals surface area contributed by atoms with E-state index in [4.69, 9.17) is 4.74 Å². The van der Waals surface area contributed by atoms with Gasteiger partial charge in [-0.2, -0.15) is 5.10 Å². The zero-order valence-electron chi connectivity index (χ0n) is 22.9. The number of hydrogen-bond donors (Lipinski definition) is 3. The summed E-state index contributed by atoms with van der Waals surface area (Å²) in [7, 11) is 3.53. The van der Waals surface area contributed by atoms with E-state index < -0.39 is 0 Å². The molecule has 0 saturated heterocycles. The van der Waals surface area contributed by atoms with Crippen molar-refractivity contribution < 1.29 is 9.53 Å². The molecule has 2 aromatic heterocycles. The normalized spacial score (nSPS) is 11.3. The van der Waals surface area contributed by atoms with Crippen molar-refractivity contribution in [2.45, 2.75) is 26.9 Å². The zero-order valence-corrected chi connectivity index (χ0v) is 22.9. The third kappa shape index (κ3) is 5.73. The Labute approximate surface area is 229 Å². The van der Waals surface area contributed by atoms with Crippen LogP contribution in [0.2, 0.25) is 0 Å². The average Bonchev–Trinajstić information content (AvgIpc) is 3.58. The lowest BCUT2D eigenvalue weighted by Crippen LogP contribution is -2.30. The number of H-pyrrole nitrogens is 2. The van der Waals surface area contributed by atoms with Crippen LogP contribution in [0.3, 0.4) is 0 Å². The van der Waals surface area contributed by atoms with E-state index in [1.165, 1.54) is 5.56 Å². The molecular formula is C32H35N5O2. The lowest BCUT2D eigenvalue weighted by atomic mass is 10.0. The number of carbonyl (C=O) groups is 1. The third-order valence-corrected chi connectivity index (χ3v) is 6.90. The van der Waals surface area contributed by atoms with Gasteiger partial charge in [-0.15, -0.1) is 0 Å². The molecule has 0 fully saturated rings. The molecule has 0 saturated carbocycles. The molecule has 7 heteroatoms. The lowest BCUT2D eigenvalue weighted by molar-refractivity contribution is 0.0779. The fourth-order valence-corrected chi connectivity index (χ4v) is 5.03. The van der Waals surface area contributed by atoms with Gasteiger partial charge in [-0.25, -0.2) is 0 Å². The Kier molecular flexibility index (Phi) is 7.79. The van der Waals surface area contributed by atoms with E-state index >= 15 is 0 Å². The Hall–Kier alpha value is -4.36. The van der Waals surface area contributed by atoms with Crippen molar-refractivity contribution in [2.75, 3.05) is 20.7 Å². The van der Waals surface area contributed by atoms with E-state index in [1.54, 1.807) is 12.0 Å². The van der Waals surface area contributed by atoms with Crippen LogP contribution in [0, 0.1) is 5.92 Å². The molecule has 2 heterocycles. The first-order valence-electron chi connectivity index (χ1n) is 13.3. The Morgan fingerprint density at radius 2 is 1.77 bits per heavy atom. The Balaban J connectivity index is 1.51. The summed E-state index contributed by atoms with van der Waals surface area (Å²) in [4.78, 5) is 18.5. The maximum Gasteiger partial charge on any atom is 0.253 e. The van der Waals surface area contributed by atoms with Crippen LogP contribution in [0.1, 0.15) is 35.3 Å². The summed E-state index contributed by atoms with van der Waals surface area (Å²) in [5.41, 5.74) is 7.87. The van der Waals surface area contributed by atoms with Gasteiger partial charge in [-0.1, -0.05) is 62.4 Å². The number of nitrogens with zero attached hydrogens (tertiary/aromatic N) is 2. The van der Waals surface area contributed by atoms with Crippen LogP contribution in [0.5, 0.6) is 5.75 Å². The van der Waals surface area contributed by atoms with Crippen molar-refractivity contribution in [3.05, 3.63) is 95.7 Å². The standard InChI is InChI=1S/C32H35N5O2/c1-21(2)20-37(3)32(38)24-12-15-26-28(18-33-17-22-10-13-25(39-4)14-11-22)30(35-29(26)16-24)31-27(19-34-36-31)23-8-6-5-7-9-23/h5-16,19,21,33,35H,17-18,20H2,1-4H3,(H,34,36). The van der Waals surface area contributed by atoms with Crippen molar-refractivity contribution >= 4 is 16.8 Å². The van der Waals surface area contributed by atoms with Crippen molar-refractivity contribution in [1.29, 1.82) is 0 Å². The van der Waals surface area contributed by atoms with Gasteiger partial charge in [0.1, 0.15) is 5.75 Å². The number of aromatic nitrogens is 3. The van der Waals surface area contributed by atoms with Gasteiger partial charge < -0.3 is 19.9 Å². The van der Waals surface area contributed by atoms with E-state index in [1.807, 2.05) is 55.7 Å². The molecule has 5 aromatic rings. The van der Waals surface area contributed by atoms with Crippen molar-refractivity contribution in [3.8, 4) is 28.3 Å². The molecule has 3 aromatic carbocycles. The maximum atomic E-state index is 13.1. The monoisotopic (exact) mass is 521 g/mol. The lowest BCUT2D eigenvalue weighted by Gasteiger charge is -2.19. The van der Waals surface area contributed by atoms with Gasteiger partial charge in [0, 0.05) is 54.3 Å². The first-order valence-corrected chi connectivity index (χ1v) is 13.3. The molecule has 1 amide bonds. The molecule has 0 aliphatic rings. The summed E-state index contributed by atoms with van der Waals surface area (Å²) in [5.74, 6) is 1.27. The largest absolute Gasteiger partial charge is 0.497 e. The molecule has 0 spiro atoms. The van der Waals surface area contributed by atoms with E-state index in [0.29, 0.717) is 31.1 Å². The minimum Gasteiger partial charge on any atom is -0.497 e. The number of rotatable bonds is 10. The van der Waals surface area contributed by atoms with E-state index in [2.05, 4.69) is 64.7 Å². The molecule has 0 atom stereocenters. The molecule has 0 bridgehead atoms. The summed E-state index contributed by atoms with van der Waals surface area (Å²) < 4.78 is 5.28. The van der Waals surface area contributed by atoms with Gasteiger partial charge in [-0.3, -0.25) is 9.89 Å². The predicted molar refractivity (Wildman–Crippen MR) is 157 cm³/mol. The maximum absolute atomic E-state index is 13.1. The number of nitrogens with one attached hydrogen (secondary N) is 3. The Morgan fingerprint density at radius 3 is 2.49 bits per heavy atom. The molecule has 5 rings (SSSR count). The fourth-order valence-electron chi connectivity index (χ4n) is 5.03. The highest BCUT2D eigenvalue weighted by molar-refractivity contribution is 6.00. The fraction of sp³-hybridized carbons (Fsp3) is 0.250. The van der Waals surface area contributed by atoms with E-state index in [-0.39, 0.29) is 5.91 Å². The Bertz CT molecular complexity index is 1550. The first kappa shape index (κ1) is 26.3. The second kappa shape index (κ2) is 11.6. The number of benzene rings is 3. The SMILES string of the molecule is COc1ccc(CNCc2c(-c3[nH]ncc3-c3ccccc3)[nH]c3cc(C(=O)N(C)CC(C)C)ccc23)cc1. The second-order valence-electron chi connectivity index (χ2n) is 10.3. The molecule has 200 valence electrons. The quantitative estimate of drug-likeness (QED) is 0.203. The van der Waals surface area contributed by atoms with Gasteiger partial charge in [0.2, 0.25) is 0 Å². The molecule has 0 aliphatic carbocycles. The summed E-state index contributed by atoms with van der Waals surface area (Å²) in [6, 6.07) is 24.2. The van der Waals surface area contributed by atoms with Crippen LogP contribution in [-0.4, -0.2) is 46.7 Å². The van der Waals surface area contributed by atoms with Gasteiger partial charge in [-0.05, 0) is 41.3 Å². The van der Waals surface area contributed by atoms with Crippen LogP contribution in [0.15, 0.2) is 79.0 Å². The minimum absolute atomic E-state index is 0.0208. The number of methoxy groups -OCH3 is 1. The summed E-state index contributed by atoms with van der Waals surface area (Å²) in [5, 5.41) is 12.3. The van der Waals surface area contributed by atoms with Crippen molar-refractivity contribution in [2.24, 2.45) is 5.92 Å². The first-order chi connectivity index (χ1) is 18.9. The molecule has 0 aliphatic heterocycles. The molecule has 39 heavy (non-hydrogen) atoms. The highest BCUT2D eigenvalue weighted by Crippen LogP contribution is 2.35. The second-order valence-corrected chi connectivity index (χ2v) is 10.3. The van der Waals surface area contributed by atoms with Crippen LogP contribution in [-0.2, 0) is 13.1 Å². The number of aromatic amines is 2. The number of amides is 1. The number of fused-ring (bicyclic) bond motifs is 1. The Morgan fingerprint density at radius 1 is 1.00 bits per heavy atom. The predicted octanol–water partition coefficient (Wildman–Crippen LogP) is 6.25. The third-order valence-electron chi connectivity index (χ3n) is 6.90. The van der Waals surface area contributed by atoms with Crippen LogP contribution in [0.4, 0.5) is 0 Å². The van der Waals surface area contributed by atoms with Crippen molar-refractivity contribution in [1.82, 2.24) is 25.4 Å². The minimum atomic E-state index is 0.0208. The van der Waals surface area contributed by atoms with Crippen LogP contribution < -0.4 is 10.1 Å². The average molecular weight is 522 g/mol. The van der Waals surface area contributed by atoms with Crippen molar-refractivity contribution in [3.63, 3.8) is 0 Å². The number of hydrogen-bond acceptors (Lipinski definition) is 4. The van der Waals surface area contributed by atoms with Gasteiger partial charge in [0.05, 0.1) is 24.7 Å². The van der Waals surface area contributed by atoms with Gasteiger partial charge >= 0.3 is 0 Å². The summed E-state index contributed by atoms with van der Waals surface area (Å²) in [6.45, 7) is 6.28.